The number of carbonyl (C=O) groups is 1. The third kappa shape index (κ3) is 2.85. The topological polar surface area (TPSA) is 32.3 Å². The first-order valence-electron chi connectivity index (χ1n) is 8.22. The summed E-state index contributed by atoms with van der Waals surface area (Å²) < 4.78 is 0.955. The third-order valence-electron chi connectivity index (χ3n) is 5.51. The summed E-state index contributed by atoms with van der Waals surface area (Å²) in [4.78, 5) is 15.2. The summed E-state index contributed by atoms with van der Waals surface area (Å²) in [5.41, 5.74) is 1.03. The van der Waals surface area contributed by atoms with Crippen molar-refractivity contribution in [1.82, 2.24) is 10.2 Å². The Bertz CT molecular complexity index is 485. The molecule has 2 unspecified atom stereocenters. The fraction of sp³-hybridized carbons (Fsp3) is 0.706. The van der Waals surface area contributed by atoms with E-state index in [1.165, 1.54) is 38.6 Å². The molecule has 1 heterocycles. The molecule has 0 aromatic carbocycles. The molecule has 4 heteroatoms. The van der Waals surface area contributed by atoms with Gasteiger partial charge in [0.15, 0.2) is 0 Å². The van der Waals surface area contributed by atoms with Crippen LogP contribution in [0.4, 0.5) is 0 Å². The first kappa shape index (κ1) is 15.3. The zero-order valence-corrected chi connectivity index (χ0v) is 14.4. The van der Waals surface area contributed by atoms with Gasteiger partial charge in [0.2, 0.25) is 0 Å². The SMILES string of the molecule is CN1CCCC12CCCCC2NC(=O)C1=CCCC=C1Br. The Morgan fingerprint density at radius 2 is 2.05 bits per heavy atom. The van der Waals surface area contributed by atoms with E-state index in [9.17, 15) is 4.79 Å². The zero-order chi connectivity index (χ0) is 14.9. The van der Waals surface area contributed by atoms with Gasteiger partial charge in [-0.05, 0) is 52.1 Å². The van der Waals surface area contributed by atoms with Gasteiger partial charge < -0.3 is 5.32 Å². The molecule has 1 saturated carbocycles. The molecule has 3 nitrogen and oxygen atoms in total. The van der Waals surface area contributed by atoms with Crippen LogP contribution in [-0.4, -0.2) is 36.0 Å². The molecule has 1 amide bonds. The lowest BCUT2D eigenvalue weighted by atomic mass is 9.75. The van der Waals surface area contributed by atoms with E-state index in [1.54, 1.807) is 0 Å². The Labute approximate surface area is 136 Å². The highest BCUT2D eigenvalue weighted by Gasteiger charge is 2.47. The second kappa shape index (κ2) is 6.25. The van der Waals surface area contributed by atoms with Gasteiger partial charge in [-0.15, -0.1) is 0 Å². The highest BCUT2D eigenvalue weighted by molar-refractivity contribution is 9.12. The maximum absolute atomic E-state index is 12.7. The minimum Gasteiger partial charge on any atom is -0.347 e. The first-order valence-corrected chi connectivity index (χ1v) is 9.01. The minimum atomic E-state index is 0.101. The molecule has 1 spiro atoms. The summed E-state index contributed by atoms with van der Waals surface area (Å²) in [7, 11) is 2.23. The molecular formula is C17H25BrN2O. The van der Waals surface area contributed by atoms with E-state index in [1.807, 2.05) is 0 Å². The van der Waals surface area contributed by atoms with Crippen LogP contribution in [0.25, 0.3) is 0 Å². The number of amides is 1. The smallest absolute Gasteiger partial charge is 0.252 e. The second-order valence-corrected chi connectivity index (χ2v) is 7.50. The van der Waals surface area contributed by atoms with Crippen LogP contribution < -0.4 is 5.32 Å². The predicted octanol–water partition coefficient (Wildman–Crippen LogP) is 3.51. The van der Waals surface area contributed by atoms with Crippen molar-refractivity contribution in [2.24, 2.45) is 0 Å². The van der Waals surface area contributed by atoms with Gasteiger partial charge in [-0.1, -0.05) is 40.9 Å². The van der Waals surface area contributed by atoms with Crippen LogP contribution in [0.1, 0.15) is 51.4 Å². The number of nitrogens with one attached hydrogen (secondary N) is 1. The number of allylic oxidation sites excluding steroid dienone is 2. The monoisotopic (exact) mass is 352 g/mol. The van der Waals surface area contributed by atoms with Crippen molar-refractivity contribution in [2.75, 3.05) is 13.6 Å². The summed E-state index contributed by atoms with van der Waals surface area (Å²) in [6.45, 7) is 1.17. The molecule has 3 rings (SSSR count). The van der Waals surface area contributed by atoms with E-state index in [-0.39, 0.29) is 11.4 Å². The number of likely N-dealkylation sites (N-methyl/N-ethyl adjacent to an activating group) is 1. The van der Waals surface area contributed by atoms with Crippen LogP contribution in [0.5, 0.6) is 0 Å². The molecule has 21 heavy (non-hydrogen) atoms. The van der Waals surface area contributed by atoms with Crippen molar-refractivity contribution in [2.45, 2.75) is 62.9 Å². The summed E-state index contributed by atoms with van der Waals surface area (Å²) in [5.74, 6) is 0.101. The van der Waals surface area contributed by atoms with E-state index >= 15 is 0 Å². The van der Waals surface area contributed by atoms with Crippen LogP contribution >= 0.6 is 15.9 Å². The van der Waals surface area contributed by atoms with Gasteiger partial charge in [-0.25, -0.2) is 0 Å². The summed E-state index contributed by atoms with van der Waals surface area (Å²) in [6.07, 6.45) is 13.5. The quantitative estimate of drug-likeness (QED) is 0.824. The van der Waals surface area contributed by atoms with Crippen LogP contribution in [-0.2, 0) is 4.79 Å². The highest BCUT2D eigenvalue weighted by atomic mass is 79.9. The fourth-order valence-electron chi connectivity index (χ4n) is 4.30. The molecule has 116 valence electrons. The van der Waals surface area contributed by atoms with Crippen molar-refractivity contribution >= 4 is 21.8 Å². The lowest BCUT2D eigenvalue weighted by molar-refractivity contribution is -0.119. The maximum Gasteiger partial charge on any atom is 0.252 e. The Hall–Kier alpha value is -0.610. The summed E-state index contributed by atoms with van der Waals surface area (Å²) >= 11 is 3.53. The zero-order valence-electron chi connectivity index (χ0n) is 12.8. The van der Waals surface area contributed by atoms with Crippen molar-refractivity contribution in [1.29, 1.82) is 0 Å². The summed E-state index contributed by atoms with van der Waals surface area (Å²) in [6, 6.07) is 0.300. The molecule has 3 aliphatic rings. The maximum atomic E-state index is 12.7. The number of rotatable bonds is 2. The number of halogens is 1. The van der Waals surface area contributed by atoms with Gasteiger partial charge in [-0.2, -0.15) is 0 Å². The average molecular weight is 353 g/mol. The lowest BCUT2D eigenvalue weighted by Crippen LogP contribution is -2.60. The van der Waals surface area contributed by atoms with Gasteiger partial charge in [-0.3, -0.25) is 9.69 Å². The molecule has 2 aliphatic carbocycles. The molecule has 2 atom stereocenters. The van der Waals surface area contributed by atoms with Gasteiger partial charge in [0.05, 0.1) is 0 Å². The Morgan fingerprint density at radius 3 is 2.76 bits per heavy atom. The van der Waals surface area contributed by atoms with Gasteiger partial charge in [0, 0.05) is 21.6 Å². The molecular weight excluding hydrogens is 328 g/mol. The Kier molecular flexibility index (Phi) is 4.55. The molecule has 0 radical (unpaired) electrons. The van der Waals surface area contributed by atoms with Crippen LogP contribution in [0.3, 0.4) is 0 Å². The highest BCUT2D eigenvalue weighted by Crippen LogP contribution is 2.41. The molecule has 0 bridgehead atoms. The van der Waals surface area contributed by atoms with E-state index < -0.39 is 0 Å². The number of likely N-dealkylation sites (tertiary alicyclic amines) is 1. The van der Waals surface area contributed by atoms with Crippen LogP contribution in [0.15, 0.2) is 22.2 Å². The lowest BCUT2D eigenvalue weighted by Gasteiger charge is -2.46. The number of hydrogen-bond acceptors (Lipinski definition) is 2. The molecule has 0 aromatic rings. The van der Waals surface area contributed by atoms with Crippen LogP contribution in [0, 0.1) is 0 Å². The largest absolute Gasteiger partial charge is 0.347 e. The van der Waals surface area contributed by atoms with E-state index in [0.717, 1.165) is 29.3 Å². The number of nitrogens with zero attached hydrogens (tertiary/aromatic N) is 1. The molecule has 1 saturated heterocycles. The first-order chi connectivity index (χ1) is 10.1. The van der Waals surface area contributed by atoms with Gasteiger partial charge >= 0.3 is 0 Å². The van der Waals surface area contributed by atoms with Crippen molar-refractivity contribution in [3.05, 3.63) is 22.2 Å². The van der Waals surface area contributed by atoms with E-state index in [4.69, 9.17) is 0 Å². The number of carbonyl (C=O) groups excluding carboxylic acids is 1. The Balaban J connectivity index is 1.75. The van der Waals surface area contributed by atoms with E-state index in [0.29, 0.717) is 6.04 Å². The standard InChI is InChI=1S/C17H25BrN2O/c1-20-12-6-11-17(20)10-5-4-9-15(17)19-16(21)13-7-2-3-8-14(13)18/h7-8,15H,2-6,9-12H2,1H3,(H,19,21). The average Bonchev–Trinajstić information content (AvgIpc) is 2.84. The van der Waals surface area contributed by atoms with Gasteiger partial charge in [0.1, 0.15) is 0 Å². The Morgan fingerprint density at radius 1 is 1.29 bits per heavy atom. The predicted molar refractivity (Wildman–Crippen MR) is 89.3 cm³/mol. The van der Waals surface area contributed by atoms with Crippen molar-refractivity contribution in [3.8, 4) is 0 Å². The minimum absolute atomic E-state index is 0.101. The van der Waals surface area contributed by atoms with Crippen molar-refractivity contribution < 1.29 is 4.79 Å². The molecule has 2 fully saturated rings. The fourth-order valence-corrected chi connectivity index (χ4v) is 4.87. The summed E-state index contributed by atoms with van der Waals surface area (Å²) in [5, 5.41) is 3.36. The van der Waals surface area contributed by atoms with Gasteiger partial charge in [0.25, 0.3) is 5.91 Å². The second-order valence-electron chi connectivity index (χ2n) is 6.65. The van der Waals surface area contributed by atoms with Crippen LogP contribution in [0.2, 0.25) is 0 Å². The molecule has 1 N–H and O–H groups in total. The van der Waals surface area contributed by atoms with E-state index in [2.05, 4.69) is 45.3 Å². The molecule has 0 aromatic heterocycles. The molecule has 1 aliphatic heterocycles. The third-order valence-corrected chi connectivity index (χ3v) is 6.26. The number of hydrogen-bond donors (Lipinski definition) is 1. The normalized spacial score (nSPS) is 33.7. The van der Waals surface area contributed by atoms with Crippen molar-refractivity contribution in [3.63, 3.8) is 0 Å².